The van der Waals surface area contributed by atoms with Crippen molar-refractivity contribution in [1.29, 1.82) is 0 Å². The van der Waals surface area contributed by atoms with Crippen LogP contribution in [0, 0.1) is 0 Å². The number of aliphatic hydroxyl groups excluding tert-OH is 2. The fraction of sp³-hybridized carbons (Fsp3) is 0.161. The molecule has 1 aliphatic carbocycles. The molecule has 0 radical (unpaired) electrons. The van der Waals surface area contributed by atoms with Gasteiger partial charge in [0, 0.05) is 42.3 Å². The van der Waals surface area contributed by atoms with Crippen LogP contribution in [0.5, 0.6) is 0 Å². The van der Waals surface area contributed by atoms with E-state index in [1.165, 1.54) is 16.3 Å². The Bertz CT molecular complexity index is 1570. The Balaban J connectivity index is 1.37. The molecule has 0 amide bonds. The number of allylic oxidation sites excluding steroid dienone is 4. The number of anilines is 2. The van der Waals surface area contributed by atoms with Crippen LogP contribution in [0.25, 0.3) is 16.8 Å². The fourth-order valence-corrected chi connectivity index (χ4v) is 5.67. The normalized spacial score (nSPS) is 20.7. The van der Waals surface area contributed by atoms with Gasteiger partial charge in [0.1, 0.15) is 11.5 Å². The fourth-order valence-electron chi connectivity index (χ4n) is 5.67. The predicted octanol–water partition coefficient (Wildman–Crippen LogP) is 7.14. The highest BCUT2D eigenvalue weighted by molar-refractivity contribution is 5.95. The summed E-state index contributed by atoms with van der Waals surface area (Å²) in [4.78, 5) is 4.23. The molecule has 35 heavy (non-hydrogen) atoms. The molecule has 174 valence electrons. The van der Waals surface area contributed by atoms with Gasteiger partial charge in [-0.3, -0.25) is 0 Å². The summed E-state index contributed by atoms with van der Waals surface area (Å²) < 4.78 is 0. The van der Waals surface area contributed by atoms with Crippen molar-refractivity contribution in [2.75, 3.05) is 23.9 Å². The van der Waals surface area contributed by atoms with Crippen LogP contribution in [-0.4, -0.2) is 24.3 Å². The average molecular weight is 461 g/mol. The van der Waals surface area contributed by atoms with Gasteiger partial charge >= 0.3 is 0 Å². The minimum Gasteiger partial charge on any atom is -0.506 e. The van der Waals surface area contributed by atoms with E-state index in [1.807, 2.05) is 44.5 Å². The summed E-state index contributed by atoms with van der Waals surface area (Å²) in [6, 6.07) is 20.9. The van der Waals surface area contributed by atoms with Crippen molar-refractivity contribution in [3.63, 3.8) is 0 Å². The van der Waals surface area contributed by atoms with Gasteiger partial charge in [-0.05, 0) is 52.3 Å². The molecule has 0 spiro atoms. The zero-order valence-corrected chi connectivity index (χ0v) is 20.4. The van der Waals surface area contributed by atoms with E-state index >= 15 is 0 Å². The first kappa shape index (κ1) is 21.4. The predicted molar refractivity (Wildman–Crippen MR) is 145 cm³/mol. The Morgan fingerprint density at radius 1 is 0.714 bits per heavy atom. The number of benzene rings is 3. The first-order valence-corrected chi connectivity index (χ1v) is 11.9. The molecule has 0 saturated heterocycles. The van der Waals surface area contributed by atoms with Crippen LogP contribution in [0.15, 0.2) is 113 Å². The standard InChI is InChI=1S/C31H28N2O2/c1-31(2)27(33(4)26-16-14-19-9-5-7-11-22(19)28(26)31)18-24-29(34)23(30(24)35)17-21-15-13-20-10-6-8-12-25(20)32(21)3/h5-18,34-35H,1-4H3. The zero-order valence-electron chi connectivity index (χ0n) is 20.4. The smallest absolute Gasteiger partial charge is 0.137 e. The Hall–Kier alpha value is -4.18. The van der Waals surface area contributed by atoms with Crippen LogP contribution in [0.3, 0.4) is 0 Å². The molecule has 4 heteroatoms. The topological polar surface area (TPSA) is 46.9 Å². The molecule has 0 bridgehead atoms. The number of hydrogen-bond acceptors (Lipinski definition) is 4. The SMILES string of the molecule is CN1C(=CC2=C(O)C(C=C3N(C)c4ccc5ccccc5c4C3(C)C)=C2O)C=Cc2ccccc21. The second-order valence-corrected chi connectivity index (χ2v) is 9.94. The van der Waals surface area contributed by atoms with Crippen molar-refractivity contribution in [3.8, 4) is 0 Å². The highest BCUT2D eigenvalue weighted by Gasteiger charge is 2.41. The summed E-state index contributed by atoms with van der Waals surface area (Å²) in [5.41, 5.74) is 7.24. The summed E-state index contributed by atoms with van der Waals surface area (Å²) in [5, 5.41) is 24.4. The first-order valence-electron chi connectivity index (χ1n) is 11.9. The monoisotopic (exact) mass is 460 g/mol. The van der Waals surface area contributed by atoms with E-state index in [2.05, 4.69) is 78.3 Å². The van der Waals surface area contributed by atoms with E-state index in [9.17, 15) is 10.2 Å². The lowest BCUT2D eigenvalue weighted by molar-refractivity contribution is 0.354. The summed E-state index contributed by atoms with van der Waals surface area (Å²) in [7, 11) is 4.04. The van der Waals surface area contributed by atoms with E-state index in [0.29, 0.717) is 11.1 Å². The number of para-hydroxylation sites is 1. The third-order valence-corrected chi connectivity index (χ3v) is 7.61. The second kappa shape index (κ2) is 7.41. The maximum atomic E-state index is 11.0. The third-order valence-electron chi connectivity index (χ3n) is 7.61. The third kappa shape index (κ3) is 2.99. The van der Waals surface area contributed by atoms with Crippen molar-refractivity contribution < 1.29 is 10.2 Å². The van der Waals surface area contributed by atoms with Crippen molar-refractivity contribution in [2.24, 2.45) is 0 Å². The lowest BCUT2D eigenvalue weighted by Gasteiger charge is -2.29. The molecular weight excluding hydrogens is 432 g/mol. The molecule has 0 aromatic heterocycles. The maximum absolute atomic E-state index is 11.0. The zero-order chi connectivity index (χ0) is 24.5. The Kier molecular flexibility index (Phi) is 4.52. The van der Waals surface area contributed by atoms with Crippen LogP contribution in [0.1, 0.15) is 25.0 Å². The minimum absolute atomic E-state index is 0.119. The van der Waals surface area contributed by atoms with Crippen LogP contribution >= 0.6 is 0 Å². The van der Waals surface area contributed by atoms with Crippen LogP contribution < -0.4 is 9.80 Å². The van der Waals surface area contributed by atoms with Crippen molar-refractivity contribution >= 4 is 28.2 Å². The van der Waals surface area contributed by atoms with Crippen LogP contribution in [0.2, 0.25) is 0 Å². The number of rotatable bonds is 2. The van der Waals surface area contributed by atoms with Gasteiger partial charge in [-0.2, -0.15) is 0 Å². The minimum atomic E-state index is -0.289. The van der Waals surface area contributed by atoms with Gasteiger partial charge in [-0.25, -0.2) is 0 Å². The molecule has 2 heterocycles. The molecule has 3 aromatic rings. The molecule has 6 rings (SSSR count). The summed E-state index contributed by atoms with van der Waals surface area (Å²) in [6.45, 7) is 4.40. The van der Waals surface area contributed by atoms with E-state index in [-0.39, 0.29) is 16.9 Å². The second-order valence-electron chi connectivity index (χ2n) is 9.94. The Morgan fingerprint density at radius 2 is 1.40 bits per heavy atom. The lowest BCUT2D eigenvalue weighted by Crippen LogP contribution is -2.24. The van der Waals surface area contributed by atoms with E-state index in [1.54, 1.807) is 0 Å². The molecule has 3 aliphatic rings. The van der Waals surface area contributed by atoms with E-state index in [0.717, 1.165) is 28.3 Å². The number of hydrogen-bond donors (Lipinski definition) is 2. The van der Waals surface area contributed by atoms with Crippen LogP contribution in [-0.2, 0) is 5.41 Å². The number of nitrogens with zero attached hydrogens (tertiary/aromatic N) is 2. The van der Waals surface area contributed by atoms with Crippen LogP contribution in [0.4, 0.5) is 11.4 Å². The highest BCUT2D eigenvalue weighted by Crippen LogP contribution is 2.51. The van der Waals surface area contributed by atoms with Gasteiger partial charge in [0.2, 0.25) is 0 Å². The van der Waals surface area contributed by atoms with Gasteiger partial charge in [0.25, 0.3) is 0 Å². The maximum Gasteiger partial charge on any atom is 0.137 e. The molecule has 0 atom stereocenters. The van der Waals surface area contributed by atoms with Gasteiger partial charge < -0.3 is 20.0 Å². The van der Waals surface area contributed by atoms with Crippen molar-refractivity contribution in [3.05, 3.63) is 124 Å². The first-order chi connectivity index (χ1) is 16.8. The Labute approximate surface area is 205 Å². The average Bonchev–Trinajstić information content (AvgIpc) is 3.06. The largest absolute Gasteiger partial charge is 0.506 e. The molecule has 2 N–H and O–H groups in total. The van der Waals surface area contributed by atoms with Gasteiger partial charge in [-0.15, -0.1) is 0 Å². The molecule has 3 aromatic carbocycles. The molecular formula is C31H28N2O2. The molecule has 2 aliphatic heterocycles. The van der Waals surface area contributed by atoms with Gasteiger partial charge in [0.15, 0.2) is 0 Å². The van der Waals surface area contributed by atoms with Gasteiger partial charge in [0.05, 0.1) is 11.1 Å². The summed E-state index contributed by atoms with van der Waals surface area (Å²) in [5.74, 6) is 0.237. The molecule has 0 fully saturated rings. The molecule has 4 nitrogen and oxygen atoms in total. The van der Waals surface area contributed by atoms with E-state index < -0.39 is 0 Å². The van der Waals surface area contributed by atoms with Crippen molar-refractivity contribution in [2.45, 2.75) is 19.3 Å². The highest BCUT2D eigenvalue weighted by atomic mass is 16.3. The molecule has 0 unspecified atom stereocenters. The number of fused-ring (bicyclic) bond motifs is 4. The van der Waals surface area contributed by atoms with E-state index in [4.69, 9.17) is 0 Å². The lowest BCUT2D eigenvalue weighted by atomic mass is 9.79. The van der Waals surface area contributed by atoms with Gasteiger partial charge in [-0.1, -0.05) is 68.5 Å². The molecule has 0 saturated carbocycles. The summed E-state index contributed by atoms with van der Waals surface area (Å²) in [6.07, 6.45) is 7.82. The quantitative estimate of drug-likeness (QED) is 0.427. The number of likely N-dealkylation sites (N-methyl/N-ethyl adjacent to an activating group) is 2. The number of aliphatic hydroxyl groups is 2. The summed E-state index contributed by atoms with van der Waals surface area (Å²) >= 11 is 0. The van der Waals surface area contributed by atoms with Crippen molar-refractivity contribution in [1.82, 2.24) is 0 Å². The Morgan fingerprint density at radius 3 is 2.20 bits per heavy atom.